The van der Waals surface area contributed by atoms with Gasteiger partial charge in [0.15, 0.2) is 23.3 Å². The van der Waals surface area contributed by atoms with Gasteiger partial charge in [0.2, 0.25) is 0 Å². The minimum absolute atomic E-state index is 0.0178. The Morgan fingerprint density at radius 1 is 0.492 bits per heavy atom. The van der Waals surface area contributed by atoms with Crippen LogP contribution in [0.5, 0.6) is 0 Å². The van der Waals surface area contributed by atoms with E-state index in [2.05, 4.69) is 16.5 Å². The fraction of sp³-hybridized carbons (Fsp3) is 0.0222. The van der Waals surface area contributed by atoms with E-state index in [4.69, 9.17) is 34.6 Å². The fourth-order valence-corrected chi connectivity index (χ4v) is 7.30. The van der Waals surface area contributed by atoms with Crippen LogP contribution < -0.4 is 0 Å². The van der Waals surface area contributed by atoms with E-state index in [1.54, 1.807) is 42.5 Å². The summed E-state index contributed by atoms with van der Waals surface area (Å²) in [5, 5.41) is 31.5. The second kappa shape index (κ2) is 13.9. The highest BCUT2D eigenvalue weighted by Gasteiger charge is 2.25. The summed E-state index contributed by atoms with van der Waals surface area (Å²) in [5.74, 6) is -3.59. The molecule has 0 saturated heterocycles. The Kier molecular flexibility index (Phi) is 8.29. The van der Waals surface area contributed by atoms with Crippen molar-refractivity contribution in [3.05, 3.63) is 137 Å². The summed E-state index contributed by atoms with van der Waals surface area (Å²) in [4.78, 5) is 85.3. The number of ether oxygens (including phenoxy) is 1. The van der Waals surface area contributed by atoms with Gasteiger partial charge in [-0.2, -0.15) is 0 Å². The number of hydrogen-bond donors (Lipinski definition) is 5. The van der Waals surface area contributed by atoms with E-state index in [0.29, 0.717) is 43.8 Å². The molecule has 0 radical (unpaired) electrons. The van der Waals surface area contributed by atoms with Crippen LogP contribution in [-0.2, 0) is 11.3 Å². The number of aromatic nitrogens is 8. The van der Waals surface area contributed by atoms with Gasteiger partial charge >= 0.3 is 23.9 Å². The quantitative estimate of drug-likeness (QED) is 0.0959. The largest absolute Gasteiger partial charge is 0.478 e. The second-order valence-corrected chi connectivity index (χ2v) is 14.1. The van der Waals surface area contributed by atoms with Crippen molar-refractivity contribution in [3.8, 4) is 45.6 Å². The van der Waals surface area contributed by atoms with Gasteiger partial charge in [0.1, 0.15) is 29.2 Å². The molecule has 5 heterocycles. The molecule has 2 aliphatic rings. The number of fused-ring (bicyclic) bond motifs is 20. The average molecular weight is 807 g/mol. The Labute approximate surface area is 341 Å². The van der Waals surface area contributed by atoms with E-state index in [-0.39, 0.29) is 74.7 Å². The number of nitrogens with one attached hydrogen (secondary N) is 2. The van der Waals surface area contributed by atoms with E-state index < -0.39 is 23.9 Å². The van der Waals surface area contributed by atoms with E-state index in [1.807, 2.05) is 24.3 Å². The molecule has 0 amide bonds. The first kappa shape index (κ1) is 36.4. The number of carbonyl (C=O) groups excluding carboxylic acids is 1. The number of esters is 1. The van der Waals surface area contributed by atoms with Crippen LogP contribution in [0.1, 0.15) is 52.6 Å². The van der Waals surface area contributed by atoms with Gasteiger partial charge in [0.25, 0.3) is 0 Å². The van der Waals surface area contributed by atoms with Crippen LogP contribution in [0.15, 0.2) is 104 Å². The monoisotopic (exact) mass is 806 g/mol. The normalized spacial score (nSPS) is 11.5. The number of aromatic carboxylic acids is 3. The first-order valence-corrected chi connectivity index (χ1v) is 18.5. The Morgan fingerprint density at radius 3 is 1.38 bits per heavy atom. The van der Waals surface area contributed by atoms with Crippen molar-refractivity contribution in [2.75, 3.05) is 0 Å². The van der Waals surface area contributed by atoms with Gasteiger partial charge in [-0.15, -0.1) is 0 Å². The smallest absolute Gasteiger partial charge is 0.338 e. The van der Waals surface area contributed by atoms with Gasteiger partial charge in [-0.1, -0.05) is 36.9 Å². The zero-order valence-electron chi connectivity index (χ0n) is 31.3. The average Bonchev–Trinajstić information content (AvgIpc) is 4.00. The van der Waals surface area contributed by atoms with Gasteiger partial charge in [0, 0.05) is 43.8 Å². The molecule has 16 nitrogen and oxygen atoms in total. The highest BCUT2D eigenvalue weighted by molar-refractivity contribution is 6.09. The number of H-pyrrole nitrogens is 2. The molecule has 0 atom stereocenters. The van der Waals surface area contributed by atoms with Gasteiger partial charge in [0.05, 0.1) is 22.3 Å². The van der Waals surface area contributed by atoms with Crippen molar-refractivity contribution < 1.29 is 39.2 Å². The summed E-state index contributed by atoms with van der Waals surface area (Å²) >= 11 is 0. The molecule has 0 spiro atoms. The van der Waals surface area contributed by atoms with Crippen LogP contribution in [0, 0.1) is 0 Å². The SMILES string of the molecule is C=Cc1ccc(COC(=O)c2ccc3c4nc5nc(nc6[nH]c(nc7nc(nc([nH]4)c3c2)-c2ccc(C(=O)O)cc2-7)c2ccc(C(=O)O)cc62)-c2ccc(C(=O)O)cc2-5)cc1. The standard InChI is InChI=1S/C45H26N8O8/c1-2-20-3-5-21(6-4-20)19-61-45(60)25-10-14-29-33(18-25)41-52-36-28-13-9-24(44(58)59)17-32(28)39(50-36)48-34-26-11-7-22(42(54)55)15-30(26)38(46-34)47-35-27-12-8-23(43(56)57)16-31(27)40(49-35)51-37(29)53-41/h2-18H,1,19H2,(H,54,55)(H,56,57)(H,58,59)(H2,46,47,48,49,50,51,52,53). The lowest BCUT2D eigenvalue weighted by molar-refractivity contribution is 0.0471. The molecule has 0 saturated carbocycles. The maximum atomic E-state index is 13.5. The molecule has 2 aliphatic heterocycles. The summed E-state index contributed by atoms with van der Waals surface area (Å²) < 4.78 is 5.67. The Bertz CT molecular complexity index is 3440. The minimum atomic E-state index is -1.17. The molecule has 8 aromatic rings. The predicted molar refractivity (Wildman–Crippen MR) is 223 cm³/mol. The topological polar surface area (TPSA) is 247 Å². The first-order chi connectivity index (χ1) is 29.5. The third kappa shape index (κ3) is 6.27. The highest BCUT2D eigenvalue weighted by atomic mass is 16.5. The number of hydrogen-bond acceptors (Lipinski definition) is 11. The van der Waals surface area contributed by atoms with Crippen LogP contribution in [0.2, 0.25) is 0 Å². The molecule has 0 fully saturated rings. The second-order valence-electron chi connectivity index (χ2n) is 14.1. The van der Waals surface area contributed by atoms with Crippen LogP contribution in [-0.4, -0.2) is 79.1 Å². The zero-order valence-corrected chi connectivity index (χ0v) is 31.3. The number of nitrogens with zero attached hydrogens (tertiary/aromatic N) is 6. The first-order valence-electron chi connectivity index (χ1n) is 18.5. The molecule has 0 aliphatic carbocycles. The summed E-state index contributed by atoms with van der Waals surface area (Å²) in [6, 6.07) is 25.6. The summed E-state index contributed by atoms with van der Waals surface area (Å²) in [5.41, 5.74) is 4.38. The Hall–Kier alpha value is -8.92. The summed E-state index contributed by atoms with van der Waals surface area (Å²) in [7, 11) is 0. The van der Waals surface area contributed by atoms with Crippen LogP contribution in [0.25, 0.3) is 95.8 Å². The number of carboxylic acid groups (broad SMARTS) is 3. The van der Waals surface area contributed by atoms with Gasteiger partial charge < -0.3 is 30.0 Å². The van der Waals surface area contributed by atoms with Gasteiger partial charge in [-0.25, -0.2) is 49.1 Å². The van der Waals surface area contributed by atoms with Gasteiger partial charge in [-0.05, 0) is 83.9 Å². The molecule has 10 rings (SSSR count). The molecule has 8 bridgehead atoms. The van der Waals surface area contributed by atoms with E-state index in [0.717, 1.165) is 11.1 Å². The Morgan fingerprint density at radius 2 is 0.902 bits per heavy atom. The maximum absolute atomic E-state index is 13.5. The number of carboxylic acids is 3. The predicted octanol–water partition coefficient (Wildman–Crippen LogP) is 7.96. The zero-order chi connectivity index (χ0) is 42.1. The lowest BCUT2D eigenvalue weighted by Crippen LogP contribution is -2.05. The molecule has 61 heavy (non-hydrogen) atoms. The van der Waals surface area contributed by atoms with Crippen molar-refractivity contribution in [1.29, 1.82) is 0 Å². The Balaban J connectivity index is 1.26. The van der Waals surface area contributed by atoms with Crippen molar-refractivity contribution in [3.63, 3.8) is 0 Å². The molecular weight excluding hydrogens is 781 g/mol. The van der Waals surface area contributed by atoms with E-state index >= 15 is 0 Å². The van der Waals surface area contributed by atoms with Crippen LogP contribution in [0.4, 0.5) is 0 Å². The lowest BCUT2D eigenvalue weighted by Gasteiger charge is -2.06. The van der Waals surface area contributed by atoms with Gasteiger partial charge in [-0.3, -0.25) is 0 Å². The van der Waals surface area contributed by atoms with Crippen molar-refractivity contribution in [2.45, 2.75) is 6.61 Å². The fourth-order valence-electron chi connectivity index (χ4n) is 7.30. The summed E-state index contributed by atoms with van der Waals surface area (Å²) in [6.45, 7) is 3.78. The molecular formula is C45H26N8O8. The highest BCUT2D eigenvalue weighted by Crippen LogP contribution is 2.38. The van der Waals surface area contributed by atoms with E-state index in [9.17, 15) is 34.5 Å². The van der Waals surface area contributed by atoms with Crippen molar-refractivity contribution >= 4 is 74.1 Å². The third-order valence-corrected chi connectivity index (χ3v) is 10.4. The van der Waals surface area contributed by atoms with Crippen molar-refractivity contribution in [1.82, 2.24) is 39.9 Å². The minimum Gasteiger partial charge on any atom is -0.478 e. The summed E-state index contributed by atoms with van der Waals surface area (Å²) in [6.07, 6.45) is 1.72. The third-order valence-electron chi connectivity index (χ3n) is 10.4. The number of benzene rings is 5. The van der Waals surface area contributed by atoms with E-state index in [1.165, 1.54) is 36.4 Å². The molecule has 5 aromatic carbocycles. The van der Waals surface area contributed by atoms with Crippen LogP contribution in [0.3, 0.4) is 0 Å². The number of aromatic amines is 2. The number of carbonyl (C=O) groups is 4. The lowest BCUT2D eigenvalue weighted by atomic mass is 10.0. The van der Waals surface area contributed by atoms with Crippen molar-refractivity contribution in [2.24, 2.45) is 0 Å². The molecule has 3 aromatic heterocycles. The molecule has 294 valence electrons. The van der Waals surface area contributed by atoms with Crippen LogP contribution >= 0.6 is 0 Å². The number of rotatable bonds is 7. The molecule has 5 N–H and O–H groups in total. The molecule has 0 unspecified atom stereocenters. The molecule has 16 heteroatoms. The maximum Gasteiger partial charge on any atom is 0.338 e.